The van der Waals surface area contributed by atoms with E-state index >= 15 is 0 Å². The minimum atomic E-state index is 0.792. The number of nitrogen functional groups attached to an aromatic ring is 1. The molecule has 0 radical (unpaired) electrons. The van der Waals surface area contributed by atoms with Crippen molar-refractivity contribution in [2.75, 3.05) is 71.3 Å². The molecule has 2 aromatic rings. The van der Waals surface area contributed by atoms with Crippen LogP contribution in [0, 0.1) is 0 Å². The Hall–Kier alpha value is -1.73. The Morgan fingerprint density at radius 2 is 1.54 bits per heavy atom. The number of benzene rings is 1. The van der Waals surface area contributed by atoms with Crippen molar-refractivity contribution in [3.8, 4) is 0 Å². The molecule has 1 aromatic carbocycles. The Bertz CT molecular complexity index is 723. The zero-order valence-corrected chi connectivity index (χ0v) is 15.4. The zero-order valence-electron chi connectivity index (χ0n) is 15.4. The van der Waals surface area contributed by atoms with Gasteiger partial charge in [-0.1, -0.05) is 6.07 Å². The smallest absolute Gasteiger partial charge is 0.0707 e. The number of aromatic nitrogens is 1. The molecule has 0 spiro atoms. The molecule has 2 aliphatic rings. The van der Waals surface area contributed by atoms with E-state index in [1.807, 2.05) is 18.2 Å². The summed E-state index contributed by atoms with van der Waals surface area (Å²) in [5.41, 5.74) is 8.81. The Morgan fingerprint density at radius 1 is 0.846 bits per heavy atom. The van der Waals surface area contributed by atoms with Gasteiger partial charge in [0.2, 0.25) is 0 Å². The monoisotopic (exact) mass is 355 g/mol. The summed E-state index contributed by atoms with van der Waals surface area (Å²) >= 11 is 0. The third kappa shape index (κ3) is 4.51. The van der Waals surface area contributed by atoms with Crippen LogP contribution >= 0.6 is 0 Å². The number of piperazine rings is 1. The summed E-state index contributed by atoms with van der Waals surface area (Å²) in [6, 6.07) is 10.2. The second-order valence-electron chi connectivity index (χ2n) is 7.33. The van der Waals surface area contributed by atoms with Gasteiger partial charge in [-0.05, 0) is 24.3 Å². The van der Waals surface area contributed by atoms with Gasteiger partial charge in [0.25, 0.3) is 0 Å². The van der Waals surface area contributed by atoms with Crippen molar-refractivity contribution in [1.82, 2.24) is 19.7 Å². The summed E-state index contributed by atoms with van der Waals surface area (Å²) in [6.07, 6.45) is 0. The number of anilines is 1. The fourth-order valence-corrected chi connectivity index (χ4v) is 3.78. The van der Waals surface area contributed by atoms with Crippen molar-refractivity contribution in [1.29, 1.82) is 0 Å². The second-order valence-corrected chi connectivity index (χ2v) is 7.33. The second kappa shape index (κ2) is 8.31. The maximum absolute atomic E-state index is 5.85. The molecule has 4 rings (SSSR count). The minimum Gasteiger partial charge on any atom is -0.399 e. The number of nitrogens with zero attached hydrogens (tertiary/aromatic N) is 4. The molecule has 0 saturated carbocycles. The predicted octanol–water partition coefficient (Wildman–Crippen LogP) is 1.27. The molecular weight excluding hydrogens is 326 g/mol. The van der Waals surface area contributed by atoms with E-state index in [1.165, 1.54) is 13.1 Å². The third-order valence-electron chi connectivity index (χ3n) is 5.46. The third-order valence-corrected chi connectivity index (χ3v) is 5.46. The SMILES string of the molecule is Nc1ccc2nc(CN3CCN(CCN4CCOCC4)CC3)ccc2c1. The lowest BCUT2D eigenvalue weighted by molar-refractivity contribution is 0.0296. The fraction of sp³-hybridized carbons (Fsp3) is 0.550. The van der Waals surface area contributed by atoms with Gasteiger partial charge in [0.1, 0.15) is 0 Å². The summed E-state index contributed by atoms with van der Waals surface area (Å²) in [7, 11) is 0. The summed E-state index contributed by atoms with van der Waals surface area (Å²) in [4.78, 5) is 12.4. The van der Waals surface area contributed by atoms with Gasteiger partial charge in [0.05, 0.1) is 24.4 Å². The van der Waals surface area contributed by atoms with Crippen molar-refractivity contribution in [3.05, 3.63) is 36.0 Å². The van der Waals surface area contributed by atoms with Crippen LogP contribution in [0.15, 0.2) is 30.3 Å². The molecule has 2 aliphatic heterocycles. The summed E-state index contributed by atoms with van der Waals surface area (Å²) < 4.78 is 5.42. The first-order chi connectivity index (χ1) is 12.8. The summed E-state index contributed by atoms with van der Waals surface area (Å²) in [6.45, 7) is 11.7. The van der Waals surface area contributed by atoms with Gasteiger partial charge < -0.3 is 10.5 Å². The van der Waals surface area contributed by atoms with Gasteiger partial charge in [0.15, 0.2) is 0 Å². The Kier molecular flexibility index (Phi) is 5.65. The van der Waals surface area contributed by atoms with E-state index in [2.05, 4.69) is 26.8 Å². The van der Waals surface area contributed by atoms with E-state index < -0.39 is 0 Å². The van der Waals surface area contributed by atoms with E-state index in [9.17, 15) is 0 Å². The van der Waals surface area contributed by atoms with Crippen LogP contribution in [0.2, 0.25) is 0 Å². The highest BCUT2D eigenvalue weighted by Gasteiger charge is 2.18. The van der Waals surface area contributed by atoms with Crippen molar-refractivity contribution < 1.29 is 4.74 Å². The van der Waals surface area contributed by atoms with E-state index in [-0.39, 0.29) is 0 Å². The van der Waals surface area contributed by atoms with Gasteiger partial charge >= 0.3 is 0 Å². The van der Waals surface area contributed by atoms with Gasteiger partial charge in [-0.3, -0.25) is 19.7 Å². The first-order valence-corrected chi connectivity index (χ1v) is 9.66. The molecule has 140 valence electrons. The first kappa shape index (κ1) is 17.7. The number of fused-ring (bicyclic) bond motifs is 1. The maximum Gasteiger partial charge on any atom is 0.0707 e. The van der Waals surface area contributed by atoms with Crippen molar-refractivity contribution in [3.63, 3.8) is 0 Å². The standard InChI is InChI=1S/C20H29N5O/c21-18-2-4-20-17(15-18)1-3-19(22-20)16-25-9-7-23(8-10-25)5-6-24-11-13-26-14-12-24/h1-4,15H,5-14,16,21H2. The predicted molar refractivity (Wildman–Crippen MR) is 105 cm³/mol. The molecule has 6 heteroatoms. The molecule has 6 nitrogen and oxygen atoms in total. The van der Waals surface area contributed by atoms with Crippen LogP contribution in [-0.4, -0.2) is 85.3 Å². The van der Waals surface area contributed by atoms with Gasteiger partial charge in [-0.2, -0.15) is 0 Å². The number of ether oxygens (including phenoxy) is 1. The molecule has 3 heterocycles. The first-order valence-electron chi connectivity index (χ1n) is 9.66. The highest BCUT2D eigenvalue weighted by molar-refractivity contribution is 5.81. The molecule has 2 N–H and O–H groups in total. The lowest BCUT2D eigenvalue weighted by Gasteiger charge is -2.36. The number of rotatable bonds is 5. The maximum atomic E-state index is 5.85. The van der Waals surface area contributed by atoms with Crippen molar-refractivity contribution in [2.24, 2.45) is 0 Å². The fourth-order valence-electron chi connectivity index (χ4n) is 3.78. The molecule has 0 atom stereocenters. The molecule has 2 fully saturated rings. The van der Waals surface area contributed by atoms with Crippen LogP contribution in [0.3, 0.4) is 0 Å². The molecule has 1 aromatic heterocycles. The normalized spacial score (nSPS) is 20.6. The molecule has 0 aliphatic carbocycles. The Morgan fingerprint density at radius 3 is 2.31 bits per heavy atom. The molecule has 26 heavy (non-hydrogen) atoms. The van der Waals surface area contributed by atoms with Gasteiger partial charge in [0, 0.05) is 70.0 Å². The molecule has 0 bridgehead atoms. The largest absolute Gasteiger partial charge is 0.399 e. The average molecular weight is 355 g/mol. The van der Waals surface area contributed by atoms with Crippen LogP contribution in [0.1, 0.15) is 5.69 Å². The summed E-state index contributed by atoms with van der Waals surface area (Å²) in [5, 5.41) is 1.11. The van der Waals surface area contributed by atoms with Gasteiger partial charge in [-0.25, -0.2) is 0 Å². The highest BCUT2D eigenvalue weighted by atomic mass is 16.5. The molecular formula is C20H29N5O. The topological polar surface area (TPSA) is 57.9 Å². The van der Waals surface area contributed by atoms with Crippen LogP contribution in [0.4, 0.5) is 5.69 Å². The van der Waals surface area contributed by atoms with E-state index in [0.29, 0.717) is 0 Å². The van der Waals surface area contributed by atoms with Crippen molar-refractivity contribution in [2.45, 2.75) is 6.54 Å². The highest BCUT2D eigenvalue weighted by Crippen LogP contribution is 2.17. The lowest BCUT2D eigenvalue weighted by atomic mass is 10.1. The van der Waals surface area contributed by atoms with Crippen LogP contribution in [0.5, 0.6) is 0 Å². The molecule has 0 amide bonds. The number of hydrogen-bond acceptors (Lipinski definition) is 6. The number of morpholine rings is 1. The lowest BCUT2D eigenvalue weighted by Crippen LogP contribution is -2.49. The van der Waals surface area contributed by atoms with Crippen LogP contribution in [-0.2, 0) is 11.3 Å². The minimum absolute atomic E-state index is 0.792. The number of pyridine rings is 1. The Labute approximate surface area is 155 Å². The summed E-state index contributed by atoms with van der Waals surface area (Å²) in [5.74, 6) is 0. The van der Waals surface area contributed by atoms with Gasteiger partial charge in [-0.15, -0.1) is 0 Å². The van der Waals surface area contributed by atoms with E-state index in [1.54, 1.807) is 0 Å². The molecule has 0 unspecified atom stereocenters. The quantitative estimate of drug-likeness (QED) is 0.815. The molecule has 2 saturated heterocycles. The Balaban J connectivity index is 1.25. The zero-order chi connectivity index (χ0) is 17.8. The van der Waals surface area contributed by atoms with E-state index in [0.717, 1.165) is 81.3 Å². The average Bonchev–Trinajstić information content (AvgIpc) is 2.68. The number of hydrogen-bond donors (Lipinski definition) is 1. The van der Waals surface area contributed by atoms with Crippen molar-refractivity contribution >= 4 is 16.6 Å². The van der Waals surface area contributed by atoms with Crippen LogP contribution in [0.25, 0.3) is 10.9 Å². The van der Waals surface area contributed by atoms with E-state index in [4.69, 9.17) is 15.5 Å². The van der Waals surface area contributed by atoms with Crippen LogP contribution < -0.4 is 5.73 Å². The number of nitrogens with two attached hydrogens (primary N) is 1.